The highest BCUT2D eigenvalue weighted by atomic mass is 32.2. The van der Waals surface area contributed by atoms with E-state index in [1.807, 2.05) is 0 Å². The number of sulfone groups is 1. The standard InChI is InChI=1S/C21H37NO7S/c1-17(2,3)28-15(23)21(11-12-21)30(25,26)19(7,8)14-13-27-20(9,10)22(14)16(24)29-18(4,5)6/h14H,11-13H2,1-10H3/t14-/m1/s1. The van der Waals surface area contributed by atoms with Crippen LogP contribution in [0.2, 0.25) is 0 Å². The van der Waals surface area contributed by atoms with Crippen LogP contribution >= 0.6 is 0 Å². The van der Waals surface area contributed by atoms with E-state index in [1.54, 1.807) is 69.2 Å². The van der Waals surface area contributed by atoms with Gasteiger partial charge in [-0.2, -0.15) is 0 Å². The maximum atomic E-state index is 13.8. The molecule has 0 N–H and O–H groups in total. The average molecular weight is 448 g/mol. The molecule has 9 heteroatoms. The van der Waals surface area contributed by atoms with Crippen molar-refractivity contribution in [1.29, 1.82) is 0 Å². The van der Waals surface area contributed by atoms with Crippen LogP contribution in [0.25, 0.3) is 0 Å². The Labute approximate surface area is 180 Å². The van der Waals surface area contributed by atoms with Gasteiger partial charge in [-0.3, -0.25) is 9.69 Å². The minimum atomic E-state index is -4.05. The molecule has 2 aliphatic rings. The molecule has 0 aromatic heterocycles. The van der Waals surface area contributed by atoms with Crippen molar-refractivity contribution in [2.24, 2.45) is 0 Å². The van der Waals surface area contributed by atoms with Crippen molar-refractivity contribution in [2.45, 2.75) is 115 Å². The molecule has 0 aromatic carbocycles. The second-order valence-corrected chi connectivity index (χ2v) is 14.1. The molecule has 2 fully saturated rings. The lowest BCUT2D eigenvalue weighted by atomic mass is 10.0. The van der Waals surface area contributed by atoms with E-state index in [-0.39, 0.29) is 19.4 Å². The number of hydrogen-bond donors (Lipinski definition) is 0. The molecule has 2 rings (SSSR count). The number of carbonyl (C=O) groups is 2. The summed E-state index contributed by atoms with van der Waals surface area (Å²) in [5.74, 6) is -0.731. The zero-order valence-corrected chi connectivity index (χ0v) is 20.7. The Morgan fingerprint density at radius 1 is 0.933 bits per heavy atom. The zero-order chi connectivity index (χ0) is 23.6. The van der Waals surface area contributed by atoms with E-state index < -0.39 is 54.4 Å². The van der Waals surface area contributed by atoms with Crippen molar-refractivity contribution >= 4 is 21.9 Å². The predicted octanol–water partition coefficient (Wildman–Crippen LogP) is 3.43. The van der Waals surface area contributed by atoms with Crippen LogP contribution < -0.4 is 0 Å². The third-order valence-electron chi connectivity index (χ3n) is 5.56. The smallest absolute Gasteiger partial charge is 0.412 e. The Bertz CT molecular complexity index is 811. The summed E-state index contributed by atoms with van der Waals surface area (Å²) in [5.41, 5.74) is -2.60. The molecule has 0 unspecified atom stereocenters. The van der Waals surface area contributed by atoms with Gasteiger partial charge >= 0.3 is 12.1 Å². The number of rotatable bonds is 4. The quantitative estimate of drug-likeness (QED) is 0.609. The summed E-state index contributed by atoms with van der Waals surface area (Å²) in [4.78, 5) is 27.2. The molecule has 1 aliphatic heterocycles. The summed E-state index contributed by atoms with van der Waals surface area (Å²) in [6.45, 7) is 16.8. The fourth-order valence-corrected chi connectivity index (χ4v) is 6.16. The van der Waals surface area contributed by atoms with Gasteiger partial charge in [0.25, 0.3) is 0 Å². The topological polar surface area (TPSA) is 99.2 Å². The Balaban J connectivity index is 2.43. The molecule has 1 amide bonds. The highest BCUT2D eigenvalue weighted by Gasteiger charge is 2.69. The van der Waals surface area contributed by atoms with Crippen LogP contribution in [0, 0.1) is 0 Å². The minimum absolute atomic E-state index is 0.0167. The van der Waals surface area contributed by atoms with Crippen LogP contribution in [0.4, 0.5) is 4.79 Å². The van der Waals surface area contributed by atoms with Crippen LogP contribution in [0.1, 0.15) is 82.1 Å². The molecular formula is C21H37NO7S. The Hall–Kier alpha value is -1.35. The van der Waals surface area contributed by atoms with E-state index in [4.69, 9.17) is 14.2 Å². The van der Waals surface area contributed by atoms with E-state index in [1.165, 1.54) is 4.90 Å². The molecule has 1 saturated carbocycles. The molecule has 1 saturated heterocycles. The van der Waals surface area contributed by atoms with Gasteiger partial charge in [0.15, 0.2) is 14.6 Å². The lowest BCUT2D eigenvalue weighted by molar-refractivity contribution is -0.155. The summed E-state index contributed by atoms with van der Waals surface area (Å²) < 4.78 is 41.3. The molecule has 1 aliphatic carbocycles. The molecule has 30 heavy (non-hydrogen) atoms. The first kappa shape index (κ1) is 24.9. The molecule has 8 nitrogen and oxygen atoms in total. The van der Waals surface area contributed by atoms with Crippen molar-refractivity contribution in [3.63, 3.8) is 0 Å². The second kappa shape index (κ2) is 7.08. The van der Waals surface area contributed by atoms with E-state index >= 15 is 0 Å². The van der Waals surface area contributed by atoms with Crippen LogP contribution in [-0.2, 0) is 28.8 Å². The van der Waals surface area contributed by atoms with Crippen LogP contribution in [-0.4, -0.2) is 64.5 Å². The van der Waals surface area contributed by atoms with Gasteiger partial charge in [0, 0.05) is 0 Å². The van der Waals surface area contributed by atoms with E-state index in [9.17, 15) is 18.0 Å². The zero-order valence-electron chi connectivity index (χ0n) is 19.9. The number of esters is 1. The Morgan fingerprint density at radius 2 is 1.40 bits per heavy atom. The minimum Gasteiger partial charge on any atom is -0.459 e. The molecule has 174 valence electrons. The van der Waals surface area contributed by atoms with Crippen molar-refractivity contribution in [1.82, 2.24) is 4.90 Å². The van der Waals surface area contributed by atoms with Crippen molar-refractivity contribution in [3.05, 3.63) is 0 Å². The fraction of sp³-hybridized carbons (Fsp3) is 0.905. The van der Waals surface area contributed by atoms with Gasteiger partial charge in [-0.25, -0.2) is 13.2 Å². The largest absolute Gasteiger partial charge is 0.459 e. The first-order chi connectivity index (χ1) is 13.2. The van der Waals surface area contributed by atoms with Crippen molar-refractivity contribution < 1.29 is 32.2 Å². The summed E-state index contributed by atoms with van der Waals surface area (Å²) >= 11 is 0. The van der Waals surface area contributed by atoms with E-state index in [0.717, 1.165) is 0 Å². The molecule has 0 aromatic rings. The molecule has 0 bridgehead atoms. The third-order valence-corrected chi connectivity index (χ3v) is 8.82. The number of nitrogens with zero attached hydrogens (tertiary/aromatic N) is 1. The maximum Gasteiger partial charge on any atom is 0.412 e. The summed E-state index contributed by atoms with van der Waals surface area (Å²) in [6, 6.07) is -0.827. The Kier molecular flexibility index (Phi) is 5.88. The lowest BCUT2D eigenvalue weighted by Crippen LogP contribution is -2.61. The van der Waals surface area contributed by atoms with Gasteiger partial charge in [-0.15, -0.1) is 0 Å². The first-order valence-corrected chi connectivity index (χ1v) is 11.8. The normalized spacial score (nSPS) is 23.8. The van der Waals surface area contributed by atoms with E-state index in [0.29, 0.717) is 0 Å². The number of amides is 1. The van der Waals surface area contributed by atoms with Gasteiger partial charge in [-0.05, 0) is 82.1 Å². The number of ether oxygens (including phenoxy) is 3. The number of hydrogen-bond acceptors (Lipinski definition) is 7. The fourth-order valence-electron chi connectivity index (χ4n) is 3.72. The van der Waals surface area contributed by atoms with Gasteiger partial charge < -0.3 is 14.2 Å². The SMILES string of the molecule is CC(C)(C)OC(=O)N1[C@@H](C(C)(C)S(=O)(=O)C2(C(=O)OC(C)(C)C)CC2)COC1(C)C. The molecule has 1 atom stereocenters. The average Bonchev–Trinajstić information content (AvgIpc) is 3.23. The Morgan fingerprint density at radius 3 is 1.80 bits per heavy atom. The van der Waals surface area contributed by atoms with Gasteiger partial charge in [-0.1, -0.05) is 0 Å². The van der Waals surface area contributed by atoms with E-state index in [2.05, 4.69) is 0 Å². The van der Waals surface area contributed by atoms with Gasteiger partial charge in [0.2, 0.25) is 0 Å². The highest BCUT2D eigenvalue weighted by molar-refractivity contribution is 7.95. The lowest BCUT2D eigenvalue weighted by Gasteiger charge is -2.41. The van der Waals surface area contributed by atoms with Crippen LogP contribution in [0.3, 0.4) is 0 Å². The monoisotopic (exact) mass is 447 g/mol. The molecular weight excluding hydrogens is 410 g/mol. The predicted molar refractivity (Wildman–Crippen MR) is 113 cm³/mol. The molecule has 0 spiro atoms. The summed E-state index contributed by atoms with van der Waals surface area (Å²) in [7, 11) is -4.05. The second-order valence-electron chi connectivity index (χ2n) is 11.2. The van der Waals surface area contributed by atoms with Gasteiger partial charge in [0.05, 0.1) is 17.4 Å². The highest BCUT2D eigenvalue weighted by Crippen LogP contribution is 2.52. The van der Waals surface area contributed by atoms with Crippen molar-refractivity contribution in [3.8, 4) is 0 Å². The summed E-state index contributed by atoms with van der Waals surface area (Å²) in [6.07, 6.45) is -0.242. The molecule has 0 radical (unpaired) electrons. The summed E-state index contributed by atoms with van der Waals surface area (Å²) in [5, 5.41) is 0. The number of carbonyl (C=O) groups excluding carboxylic acids is 2. The third kappa shape index (κ3) is 4.33. The van der Waals surface area contributed by atoms with Crippen LogP contribution in [0.15, 0.2) is 0 Å². The van der Waals surface area contributed by atoms with Crippen LogP contribution in [0.5, 0.6) is 0 Å². The maximum absolute atomic E-state index is 13.8. The first-order valence-electron chi connectivity index (χ1n) is 10.3. The van der Waals surface area contributed by atoms with Crippen molar-refractivity contribution in [2.75, 3.05) is 6.61 Å². The van der Waals surface area contributed by atoms with Gasteiger partial charge in [0.1, 0.15) is 16.9 Å². The molecule has 1 heterocycles.